The van der Waals surface area contributed by atoms with E-state index in [1.807, 2.05) is 19.1 Å². The molecule has 4 heteroatoms. The summed E-state index contributed by atoms with van der Waals surface area (Å²) in [6.45, 7) is 5.10. The van der Waals surface area contributed by atoms with Gasteiger partial charge in [0.2, 0.25) is 0 Å². The van der Waals surface area contributed by atoms with Gasteiger partial charge in [0.25, 0.3) is 0 Å². The Labute approximate surface area is 128 Å². The van der Waals surface area contributed by atoms with Gasteiger partial charge in [0.1, 0.15) is 0 Å². The van der Waals surface area contributed by atoms with Gasteiger partial charge < -0.3 is 5.32 Å². The molecule has 1 aromatic heterocycles. The van der Waals surface area contributed by atoms with Crippen LogP contribution in [0, 0.1) is 6.92 Å². The van der Waals surface area contributed by atoms with Gasteiger partial charge >= 0.3 is 0 Å². The third kappa shape index (κ3) is 3.96. The van der Waals surface area contributed by atoms with Crippen molar-refractivity contribution >= 4 is 34.5 Å². The van der Waals surface area contributed by atoms with Gasteiger partial charge in [-0.25, -0.2) is 0 Å². The van der Waals surface area contributed by atoms with Crippen LogP contribution in [-0.2, 0) is 6.42 Å². The number of hydrogen-bond donors (Lipinski definition) is 1. The lowest BCUT2D eigenvalue weighted by Gasteiger charge is -2.18. The molecule has 2 aromatic rings. The van der Waals surface area contributed by atoms with Crippen LogP contribution >= 0.6 is 34.5 Å². The Bertz CT molecular complexity index is 551. The van der Waals surface area contributed by atoms with Crippen LogP contribution in [0.5, 0.6) is 0 Å². The lowest BCUT2D eigenvalue weighted by molar-refractivity contribution is 0.553. The van der Waals surface area contributed by atoms with Crippen LogP contribution in [0.15, 0.2) is 30.3 Å². The van der Waals surface area contributed by atoms with Crippen LogP contribution in [0.2, 0.25) is 9.36 Å². The molecule has 0 aliphatic carbocycles. The number of nitrogens with one attached hydrogen (secondary N) is 1. The molecule has 0 saturated carbocycles. The lowest BCUT2D eigenvalue weighted by Crippen LogP contribution is -2.22. The van der Waals surface area contributed by atoms with Crippen molar-refractivity contribution in [2.45, 2.75) is 26.3 Å². The second kappa shape index (κ2) is 6.76. The normalized spacial score (nSPS) is 12.6. The molecule has 1 atom stereocenters. The highest BCUT2D eigenvalue weighted by atomic mass is 35.5. The number of halogens is 2. The average molecular weight is 314 g/mol. The maximum Gasteiger partial charge on any atom is 0.0931 e. The predicted octanol–water partition coefficient (Wildman–Crippen LogP) is 5.26. The van der Waals surface area contributed by atoms with E-state index in [4.69, 9.17) is 23.2 Å². The summed E-state index contributed by atoms with van der Waals surface area (Å²) in [6, 6.07) is 10.6. The van der Waals surface area contributed by atoms with E-state index in [0.717, 1.165) is 27.9 Å². The number of aryl methyl sites for hydroxylation is 1. The van der Waals surface area contributed by atoms with E-state index in [2.05, 4.69) is 30.4 Å². The molecule has 0 aliphatic heterocycles. The highest BCUT2D eigenvalue weighted by Gasteiger charge is 2.13. The Morgan fingerprint density at radius 3 is 2.58 bits per heavy atom. The highest BCUT2D eigenvalue weighted by molar-refractivity contribution is 7.16. The van der Waals surface area contributed by atoms with Crippen molar-refractivity contribution in [2.75, 3.05) is 6.54 Å². The molecule has 0 bridgehead atoms. The molecule has 19 heavy (non-hydrogen) atoms. The van der Waals surface area contributed by atoms with E-state index < -0.39 is 0 Å². The van der Waals surface area contributed by atoms with Crippen LogP contribution < -0.4 is 5.32 Å². The van der Waals surface area contributed by atoms with Gasteiger partial charge in [-0.3, -0.25) is 0 Å². The van der Waals surface area contributed by atoms with Gasteiger partial charge in [-0.05, 0) is 42.8 Å². The van der Waals surface area contributed by atoms with Gasteiger partial charge in [-0.2, -0.15) is 0 Å². The Balaban J connectivity index is 2.21. The Morgan fingerprint density at radius 1 is 1.21 bits per heavy atom. The number of rotatable bonds is 5. The van der Waals surface area contributed by atoms with Crippen LogP contribution in [0.3, 0.4) is 0 Å². The van der Waals surface area contributed by atoms with Gasteiger partial charge in [-0.15, -0.1) is 11.3 Å². The van der Waals surface area contributed by atoms with Gasteiger partial charge in [0, 0.05) is 22.4 Å². The SMILES string of the molecule is CCNC(Cc1ccc(Cl)s1)c1ccc(Cl)c(C)c1. The predicted molar refractivity (Wildman–Crippen MR) is 85.6 cm³/mol. The average Bonchev–Trinajstić information content (AvgIpc) is 2.78. The van der Waals surface area contributed by atoms with Crippen molar-refractivity contribution < 1.29 is 0 Å². The Morgan fingerprint density at radius 2 is 2.00 bits per heavy atom. The number of hydrogen-bond acceptors (Lipinski definition) is 2. The maximum absolute atomic E-state index is 6.09. The second-order valence-corrected chi connectivity index (χ2v) is 6.74. The van der Waals surface area contributed by atoms with Gasteiger partial charge in [0.15, 0.2) is 0 Å². The van der Waals surface area contributed by atoms with Crippen molar-refractivity contribution in [3.63, 3.8) is 0 Å². The summed E-state index contributed by atoms with van der Waals surface area (Å²) in [6.07, 6.45) is 0.951. The van der Waals surface area contributed by atoms with E-state index in [-0.39, 0.29) is 0 Å². The molecule has 1 aromatic carbocycles. The molecule has 2 rings (SSSR count). The van der Waals surface area contributed by atoms with Crippen LogP contribution in [0.1, 0.15) is 29.0 Å². The summed E-state index contributed by atoms with van der Waals surface area (Å²) >= 11 is 13.7. The van der Waals surface area contributed by atoms with E-state index in [0.29, 0.717) is 6.04 Å². The fourth-order valence-electron chi connectivity index (χ4n) is 2.10. The van der Waals surface area contributed by atoms with E-state index in [1.54, 1.807) is 11.3 Å². The zero-order valence-electron chi connectivity index (χ0n) is 11.0. The summed E-state index contributed by atoms with van der Waals surface area (Å²) in [7, 11) is 0. The standard InChI is InChI=1S/C15H17Cl2NS/c1-3-18-14(9-12-5-7-15(17)19-12)11-4-6-13(16)10(2)8-11/h4-8,14,18H,3,9H2,1-2H3. The maximum atomic E-state index is 6.09. The van der Waals surface area contributed by atoms with Crippen molar-refractivity contribution in [3.05, 3.63) is 55.7 Å². The minimum Gasteiger partial charge on any atom is -0.310 e. The molecule has 102 valence electrons. The molecule has 1 heterocycles. The van der Waals surface area contributed by atoms with Crippen LogP contribution in [0.25, 0.3) is 0 Å². The van der Waals surface area contributed by atoms with Gasteiger partial charge in [-0.1, -0.05) is 42.3 Å². The minimum atomic E-state index is 0.302. The molecular formula is C15H17Cl2NS. The molecule has 0 spiro atoms. The van der Waals surface area contributed by atoms with Crippen molar-refractivity contribution in [1.82, 2.24) is 5.32 Å². The summed E-state index contributed by atoms with van der Waals surface area (Å²) in [5.74, 6) is 0. The number of benzene rings is 1. The van der Waals surface area contributed by atoms with Crippen molar-refractivity contribution in [2.24, 2.45) is 0 Å². The summed E-state index contributed by atoms with van der Waals surface area (Å²) < 4.78 is 0.845. The largest absolute Gasteiger partial charge is 0.310 e. The zero-order valence-corrected chi connectivity index (χ0v) is 13.4. The molecule has 0 amide bonds. The van der Waals surface area contributed by atoms with Crippen LogP contribution in [-0.4, -0.2) is 6.54 Å². The monoisotopic (exact) mass is 313 g/mol. The van der Waals surface area contributed by atoms with Gasteiger partial charge in [0.05, 0.1) is 4.34 Å². The highest BCUT2D eigenvalue weighted by Crippen LogP contribution is 2.28. The zero-order chi connectivity index (χ0) is 13.8. The first-order valence-electron chi connectivity index (χ1n) is 6.33. The Kier molecular flexibility index (Phi) is 5.28. The molecular weight excluding hydrogens is 297 g/mol. The smallest absolute Gasteiger partial charge is 0.0931 e. The first-order chi connectivity index (χ1) is 9.10. The minimum absolute atomic E-state index is 0.302. The number of likely N-dealkylation sites (N-methyl/N-ethyl adjacent to an activating group) is 1. The molecule has 0 radical (unpaired) electrons. The third-order valence-electron chi connectivity index (χ3n) is 3.07. The van der Waals surface area contributed by atoms with Crippen molar-refractivity contribution in [1.29, 1.82) is 0 Å². The van der Waals surface area contributed by atoms with E-state index in [1.165, 1.54) is 10.4 Å². The molecule has 1 N–H and O–H groups in total. The summed E-state index contributed by atoms with van der Waals surface area (Å²) in [4.78, 5) is 1.29. The first kappa shape index (κ1) is 14.9. The second-order valence-electron chi connectivity index (χ2n) is 4.53. The fourth-order valence-corrected chi connectivity index (χ4v) is 3.35. The summed E-state index contributed by atoms with van der Waals surface area (Å²) in [5, 5.41) is 4.34. The molecule has 1 nitrogen and oxygen atoms in total. The van der Waals surface area contributed by atoms with Crippen LogP contribution in [0.4, 0.5) is 0 Å². The Hall–Kier alpha value is -0.540. The summed E-state index contributed by atoms with van der Waals surface area (Å²) in [5.41, 5.74) is 2.39. The van der Waals surface area contributed by atoms with Crippen molar-refractivity contribution in [3.8, 4) is 0 Å². The quantitative estimate of drug-likeness (QED) is 0.794. The van der Waals surface area contributed by atoms with E-state index >= 15 is 0 Å². The van der Waals surface area contributed by atoms with E-state index in [9.17, 15) is 0 Å². The molecule has 0 fully saturated rings. The third-order valence-corrected chi connectivity index (χ3v) is 4.75. The molecule has 1 unspecified atom stereocenters. The molecule has 0 saturated heterocycles. The first-order valence-corrected chi connectivity index (χ1v) is 7.91. The molecule has 0 aliphatic rings. The number of thiophene rings is 1. The fraction of sp³-hybridized carbons (Fsp3) is 0.333. The lowest BCUT2D eigenvalue weighted by atomic mass is 10.0. The topological polar surface area (TPSA) is 12.0 Å².